The van der Waals surface area contributed by atoms with Gasteiger partial charge in [-0.1, -0.05) is 17.7 Å². The molecule has 3 heterocycles. The van der Waals surface area contributed by atoms with E-state index in [2.05, 4.69) is 28.6 Å². The first-order valence-electron chi connectivity index (χ1n) is 6.54. The SMILES string of the molecule is CC1=C2c3c(cnc4cc(Cl)ccc34)NC2CCN1. The van der Waals surface area contributed by atoms with Crippen molar-refractivity contribution in [2.45, 2.75) is 19.4 Å². The highest BCUT2D eigenvalue weighted by atomic mass is 35.5. The summed E-state index contributed by atoms with van der Waals surface area (Å²) in [7, 11) is 0. The first-order chi connectivity index (χ1) is 9.24. The van der Waals surface area contributed by atoms with Crippen molar-refractivity contribution >= 4 is 33.8 Å². The van der Waals surface area contributed by atoms with E-state index in [0.717, 1.165) is 29.2 Å². The minimum atomic E-state index is 0.416. The molecule has 1 unspecified atom stereocenters. The average molecular weight is 272 g/mol. The van der Waals surface area contributed by atoms with E-state index in [4.69, 9.17) is 11.6 Å². The molecule has 0 amide bonds. The van der Waals surface area contributed by atoms with E-state index >= 15 is 0 Å². The minimum Gasteiger partial charge on any atom is -0.388 e. The Morgan fingerprint density at radius 1 is 1.37 bits per heavy atom. The second kappa shape index (κ2) is 3.87. The maximum atomic E-state index is 6.06. The van der Waals surface area contributed by atoms with Crippen LogP contribution in [0.3, 0.4) is 0 Å². The normalized spacial score (nSPS) is 20.8. The van der Waals surface area contributed by atoms with Crippen molar-refractivity contribution < 1.29 is 0 Å². The fourth-order valence-electron chi connectivity index (χ4n) is 3.17. The third kappa shape index (κ3) is 1.55. The van der Waals surface area contributed by atoms with Crippen molar-refractivity contribution in [2.24, 2.45) is 0 Å². The first kappa shape index (κ1) is 11.1. The second-order valence-corrected chi connectivity index (χ2v) is 5.60. The Bertz CT molecular complexity index is 721. The standard InChI is InChI=1S/C15H14ClN3/c1-8-14-11(4-5-17-8)19-13-7-18-12-6-9(16)2-3-10(12)15(13)14/h2-3,6-7,11,17,19H,4-5H2,1H3. The van der Waals surface area contributed by atoms with Crippen LogP contribution in [0, 0.1) is 0 Å². The van der Waals surface area contributed by atoms with Gasteiger partial charge >= 0.3 is 0 Å². The molecule has 2 aliphatic rings. The third-order valence-corrected chi connectivity index (χ3v) is 4.24. The topological polar surface area (TPSA) is 37.0 Å². The number of allylic oxidation sites excluding steroid dienone is 1. The van der Waals surface area contributed by atoms with Gasteiger partial charge in [0.2, 0.25) is 0 Å². The van der Waals surface area contributed by atoms with E-state index in [0.29, 0.717) is 6.04 Å². The number of hydrogen-bond donors (Lipinski definition) is 2. The Hall–Kier alpha value is -1.74. The zero-order valence-electron chi connectivity index (χ0n) is 10.6. The van der Waals surface area contributed by atoms with Crippen LogP contribution in [0.5, 0.6) is 0 Å². The zero-order chi connectivity index (χ0) is 13.0. The van der Waals surface area contributed by atoms with Crippen LogP contribution in [0.1, 0.15) is 18.9 Å². The van der Waals surface area contributed by atoms with Gasteiger partial charge in [-0.2, -0.15) is 0 Å². The van der Waals surface area contributed by atoms with Gasteiger partial charge in [0.1, 0.15) is 0 Å². The molecule has 3 nitrogen and oxygen atoms in total. The number of nitrogens with zero attached hydrogens (tertiary/aromatic N) is 1. The summed E-state index contributed by atoms with van der Waals surface area (Å²) < 4.78 is 0. The third-order valence-electron chi connectivity index (χ3n) is 4.01. The fourth-order valence-corrected chi connectivity index (χ4v) is 3.33. The van der Waals surface area contributed by atoms with E-state index in [1.807, 2.05) is 18.3 Å². The van der Waals surface area contributed by atoms with Gasteiger partial charge in [0.15, 0.2) is 0 Å². The van der Waals surface area contributed by atoms with Crippen molar-refractivity contribution in [1.82, 2.24) is 10.3 Å². The lowest BCUT2D eigenvalue weighted by molar-refractivity contribution is 0.669. The number of halogens is 1. The molecule has 0 bridgehead atoms. The molecular weight excluding hydrogens is 258 g/mol. The van der Waals surface area contributed by atoms with Crippen LogP contribution in [-0.2, 0) is 0 Å². The molecule has 2 N–H and O–H groups in total. The molecule has 4 rings (SSSR count). The summed E-state index contributed by atoms with van der Waals surface area (Å²) in [6.45, 7) is 3.18. The molecule has 1 atom stereocenters. The molecule has 1 aromatic heterocycles. The number of anilines is 1. The molecular formula is C15H14ClN3. The summed E-state index contributed by atoms with van der Waals surface area (Å²) in [6.07, 6.45) is 3.03. The molecule has 2 aromatic rings. The predicted molar refractivity (Wildman–Crippen MR) is 79.4 cm³/mol. The summed E-state index contributed by atoms with van der Waals surface area (Å²) in [5.41, 5.74) is 6.04. The highest BCUT2D eigenvalue weighted by molar-refractivity contribution is 6.31. The summed E-state index contributed by atoms with van der Waals surface area (Å²) >= 11 is 6.06. The van der Waals surface area contributed by atoms with Crippen LogP contribution in [0.15, 0.2) is 30.1 Å². The monoisotopic (exact) mass is 271 g/mol. The van der Waals surface area contributed by atoms with Gasteiger partial charge in [0.05, 0.1) is 23.4 Å². The van der Waals surface area contributed by atoms with Crippen molar-refractivity contribution in [3.8, 4) is 0 Å². The van der Waals surface area contributed by atoms with E-state index in [1.54, 1.807) is 0 Å². The molecule has 0 fully saturated rings. The molecule has 2 aliphatic heterocycles. The molecule has 4 heteroatoms. The number of hydrogen-bond acceptors (Lipinski definition) is 3. The number of aromatic nitrogens is 1. The smallest absolute Gasteiger partial charge is 0.0724 e. The molecule has 1 aromatic carbocycles. The van der Waals surface area contributed by atoms with Crippen LogP contribution in [-0.4, -0.2) is 17.6 Å². The van der Waals surface area contributed by atoms with Crippen molar-refractivity contribution in [1.29, 1.82) is 0 Å². The first-order valence-corrected chi connectivity index (χ1v) is 6.91. The Morgan fingerprint density at radius 3 is 3.16 bits per heavy atom. The molecule has 0 radical (unpaired) electrons. The van der Waals surface area contributed by atoms with Gasteiger partial charge in [0.25, 0.3) is 0 Å². The van der Waals surface area contributed by atoms with Crippen LogP contribution in [0.2, 0.25) is 5.02 Å². The summed E-state index contributed by atoms with van der Waals surface area (Å²) in [5.74, 6) is 0. The van der Waals surface area contributed by atoms with Gasteiger partial charge < -0.3 is 10.6 Å². The van der Waals surface area contributed by atoms with E-state index in [-0.39, 0.29) is 0 Å². The van der Waals surface area contributed by atoms with Crippen molar-refractivity contribution in [3.05, 3.63) is 40.7 Å². The van der Waals surface area contributed by atoms with Gasteiger partial charge in [0, 0.05) is 33.8 Å². The number of pyridine rings is 1. The molecule has 19 heavy (non-hydrogen) atoms. The molecule has 0 spiro atoms. The molecule has 0 saturated heterocycles. The van der Waals surface area contributed by atoms with Gasteiger partial charge in [-0.3, -0.25) is 4.98 Å². The summed E-state index contributed by atoms with van der Waals surface area (Å²) in [5, 5.41) is 8.95. The maximum Gasteiger partial charge on any atom is 0.0724 e. The highest BCUT2D eigenvalue weighted by Crippen LogP contribution is 2.42. The van der Waals surface area contributed by atoms with Crippen LogP contribution in [0.4, 0.5) is 5.69 Å². The van der Waals surface area contributed by atoms with E-state index < -0.39 is 0 Å². The van der Waals surface area contributed by atoms with E-state index in [1.165, 1.54) is 22.2 Å². The lowest BCUT2D eigenvalue weighted by atomic mass is 9.93. The predicted octanol–water partition coefficient (Wildman–Crippen LogP) is 3.41. The largest absolute Gasteiger partial charge is 0.388 e. The quantitative estimate of drug-likeness (QED) is 0.771. The van der Waals surface area contributed by atoms with Crippen LogP contribution < -0.4 is 10.6 Å². The highest BCUT2D eigenvalue weighted by Gasteiger charge is 2.32. The Kier molecular flexibility index (Phi) is 2.27. The Morgan fingerprint density at radius 2 is 2.26 bits per heavy atom. The Balaban J connectivity index is 2.06. The summed E-state index contributed by atoms with van der Waals surface area (Å²) in [4.78, 5) is 4.51. The lowest BCUT2D eigenvalue weighted by Crippen LogP contribution is -2.30. The van der Waals surface area contributed by atoms with Gasteiger partial charge in [-0.15, -0.1) is 0 Å². The summed E-state index contributed by atoms with van der Waals surface area (Å²) in [6, 6.07) is 6.35. The molecule has 0 saturated carbocycles. The lowest BCUT2D eigenvalue weighted by Gasteiger charge is -2.23. The average Bonchev–Trinajstić information content (AvgIpc) is 2.78. The van der Waals surface area contributed by atoms with E-state index in [9.17, 15) is 0 Å². The van der Waals surface area contributed by atoms with Crippen molar-refractivity contribution in [3.63, 3.8) is 0 Å². The minimum absolute atomic E-state index is 0.416. The zero-order valence-corrected chi connectivity index (χ0v) is 11.4. The van der Waals surface area contributed by atoms with Crippen LogP contribution >= 0.6 is 11.6 Å². The fraction of sp³-hybridized carbons (Fsp3) is 0.267. The van der Waals surface area contributed by atoms with Gasteiger partial charge in [-0.05, 0) is 25.5 Å². The number of benzene rings is 1. The Labute approximate surface area is 116 Å². The van der Waals surface area contributed by atoms with Gasteiger partial charge in [-0.25, -0.2) is 0 Å². The second-order valence-electron chi connectivity index (χ2n) is 5.16. The maximum absolute atomic E-state index is 6.06. The van der Waals surface area contributed by atoms with Crippen molar-refractivity contribution in [2.75, 3.05) is 11.9 Å². The number of fused-ring (bicyclic) bond motifs is 5. The number of rotatable bonds is 0. The molecule has 96 valence electrons. The molecule has 0 aliphatic carbocycles. The number of nitrogens with one attached hydrogen (secondary N) is 2. The van der Waals surface area contributed by atoms with Crippen LogP contribution in [0.25, 0.3) is 16.5 Å².